The van der Waals surface area contributed by atoms with Crippen molar-refractivity contribution in [3.63, 3.8) is 0 Å². The Labute approximate surface area is 161 Å². The molecule has 2 heterocycles. The van der Waals surface area contributed by atoms with Crippen molar-refractivity contribution in [1.82, 2.24) is 30.8 Å². The molecule has 8 nitrogen and oxygen atoms in total. The maximum Gasteiger partial charge on any atom is 0.218 e. The van der Waals surface area contributed by atoms with Gasteiger partial charge in [0, 0.05) is 23.7 Å². The van der Waals surface area contributed by atoms with Gasteiger partial charge < -0.3 is 5.73 Å². The number of primary amides is 1. The highest BCUT2D eigenvalue weighted by molar-refractivity contribution is 5.75. The van der Waals surface area contributed by atoms with Gasteiger partial charge >= 0.3 is 0 Å². The van der Waals surface area contributed by atoms with E-state index in [0.29, 0.717) is 12.2 Å². The van der Waals surface area contributed by atoms with Crippen molar-refractivity contribution in [2.45, 2.75) is 18.8 Å². The molecule has 0 saturated carbocycles. The average Bonchev–Trinajstić information content (AvgIpc) is 3.42. The molecule has 4 rings (SSSR count). The van der Waals surface area contributed by atoms with E-state index >= 15 is 0 Å². The molecule has 1 unspecified atom stereocenters. The molecule has 0 spiro atoms. The molecular weight excluding hydrogens is 354 g/mol. The second-order valence-corrected chi connectivity index (χ2v) is 6.62. The molecule has 0 radical (unpaired) electrons. The highest BCUT2D eigenvalue weighted by atomic mass is 16.1. The maximum atomic E-state index is 11.7. The summed E-state index contributed by atoms with van der Waals surface area (Å²) in [5.41, 5.74) is 10.6. The summed E-state index contributed by atoms with van der Waals surface area (Å²) < 4.78 is 0. The van der Waals surface area contributed by atoms with Crippen LogP contribution in [-0.2, 0) is 11.2 Å². The number of benzene rings is 2. The van der Waals surface area contributed by atoms with E-state index in [1.165, 1.54) is 0 Å². The number of amides is 1. The summed E-state index contributed by atoms with van der Waals surface area (Å²) in [4.78, 5) is 11.7. The van der Waals surface area contributed by atoms with Crippen LogP contribution in [-0.4, -0.2) is 36.7 Å². The number of aromatic nitrogens is 6. The van der Waals surface area contributed by atoms with Gasteiger partial charge in [-0.2, -0.15) is 10.3 Å². The molecule has 140 valence electrons. The number of nitrogens with one attached hydrogen (secondary N) is 2. The van der Waals surface area contributed by atoms with Crippen molar-refractivity contribution < 1.29 is 4.79 Å². The van der Waals surface area contributed by atoms with E-state index in [9.17, 15) is 4.79 Å². The lowest BCUT2D eigenvalue weighted by Crippen LogP contribution is -2.17. The molecule has 1 amide bonds. The third-order valence-corrected chi connectivity index (χ3v) is 4.68. The van der Waals surface area contributed by atoms with Crippen molar-refractivity contribution in [3.8, 4) is 22.5 Å². The third-order valence-electron chi connectivity index (χ3n) is 4.68. The summed E-state index contributed by atoms with van der Waals surface area (Å²) in [6, 6.07) is 16.1. The summed E-state index contributed by atoms with van der Waals surface area (Å²) in [6.45, 7) is 0. The van der Waals surface area contributed by atoms with E-state index in [1.807, 2.05) is 30.5 Å². The van der Waals surface area contributed by atoms with Crippen molar-refractivity contribution in [2.24, 2.45) is 5.73 Å². The van der Waals surface area contributed by atoms with Crippen molar-refractivity contribution in [3.05, 3.63) is 72.1 Å². The van der Waals surface area contributed by atoms with Crippen LogP contribution in [0.2, 0.25) is 0 Å². The van der Waals surface area contributed by atoms with Crippen LogP contribution in [0.3, 0.4) is 0 Å². The zero-order valence-corrected chi connectivity index (χ0v) is 15.0. The van der Waals surface area contributed by atoms with Crippen LogP contribution < -0.4 is 5.73 Å². The molecular formula is C20H19N7O. The van der Waals surface area contributed by atoms with Crippen molar-refractivity contribution >= 4 is 5.91 Å². The monoisotopic (exact) mass is 373 g/mol. The van der Waals surface area contributed by atoms with Crippen LogP contribution in [0.1, 0.15) is 23.5 Å². The Morgan fingerprint density at radius 3 is 2.61 bits per heavy atom. The SMILES string of the molecule is NC(=O)CC(Cc1ccc(-c2cn[nH]c2)cc1)c1cccc(-c2nn[nH]n2)c1. The first kappa shape index (κ1) is 17.6. The molecule has 2 aromatic heterocycles. The molecule has 8 heteroatoms. The Bertz CT molecular complexity index is 1040. The van der Waals surface area contributed by atoms with E-state index in [0.717, 1.165) is 27.8 Å². The highest BCUT2D eigenvalue weighted by Gasteiger charge is 2.17. The topological polar surface area (TPSA) is 126 Å². The minimum absolute atomic E-state index is 0.0378. The first-order valence-electron chi connectivity index (χ1n) is 8.89. The van der Waals surface area contributed by atoms with E-state index in [4.69, 9.17) is 5.73 Å². The molecule has 0 saturated heterocycles. The minimum atomic E-state index is -0.329. The van der Waals surface area contributed by atoms with E-state index in [-0.39, 0.29) is 18.2 Å². The Balaban J connectivity index is 1.58. The molecule has 28 heavy (non-hydrogen) atoms. The predicted molar refractivity (Wildman–Crippen MR) is 104 cm³/mol. The van der Waals surface area contributed by atoms with E-state index < -0.39 is 0 Å². The molecule has 2 aromatic carbocycles. The number of hydrogen-bond acceptors (Lipinski definition) is 5. The molecule has 0 aliphatic rings. The number of tetrazole rings is 1. The van der Waals surface area contributed by atoms with E-state index in [1.54, 1.807) is 6.20 Å². The standard InChI is InChI=1S/C20H19N7O/c21-19(28)10-17(15-2-1-3-16(9-15)20-24-26-27-25-20)8-13-4-6-14(7-5-13)18-11-22-23-12-18/h1-7,9,11-12,17H,8,10H2,(H2,21,28)(H,22,23)(H,24,25,26,27). The number of nitrogens with zero attached hydrogens (tertiary/aromatic N) is 4. The Morgan fingerprint density at radius 1 is 1.07 bits per heavy atom. The van der Waals surface area contributed by atoms with Gasteiger partial charge in [-0.05, 0) is 40.3 Å². The van der Waals surface area contributed by atoms with Gasteiger partial charge in [-0.25, -0.2) is 0 Å². The van der Waals surface area contributed by atoms with Crippen LogP contribution in [0.4, 0.5) is 0 Å². The van der Waals surface area contributed by atoms with Gasteiger partial charge in [0.1, 0.15) is 0 Å². The van der Waals surface area contributed by atoms with Gasteiger partial charge in [-0.1, -0.05) is 42.5 Å². The number of rotatable bonds is 7. The Hall–Kier alpha value is -3.81. The number of nitrogens with two attached hydrogens (primary N) is 1. The number of aromatic amines is 2. The van der Waals surface area contributed by atoms with Gasteiger partial charge in [0.2, 0.25) is 11.7 Å². The first-order chi connectivity index (χ1) is 13.7. The fourth-order valence-electron chi connectivity index (χ4n) is 3.29. The van der Waals surface area contributed by atoms with Gasteiger partial charge in [0.25, 0.3) is 0 Å². The summed E-state index contributed by atoms with van der Waals surface area (Å²) in [5.74, 6) is 0.151. The maximum absolute atomic E-state index is 11.7. The highest BCUT2D eigenvalue weighted by Crippen LogP contribution is 2.28. The Morgan fingerprint density at radius 2 is 1.93 bits per heavy atom. The molecule has 0 aliphatic heterocycles. The predicted octanol–water partition coefficient (Wildman–Crippen LogP) is 2.46. The first-order valence-corrected chi connectivity index (χ1v) is 8.89. The Kier molecular flexibility index (Phi) is 4.92. The zero-order chi connectivity index (χ0) is 19.3. The van der Waals surface area contributed by atoms with Crippen LogP contribution in [0.5, 0.6) is 0 Å². The molecule has 1 atom stereocenters. The number of H-pyrrole nitrogens is 2. The van der Waals surface area contributed by atoms with Crippen LogP contribution in [0.15, 0.2) is 60.9 Å². The zero-order valence-electron chi connectivity index (χ0n) is 15.0. The second kappa shape index (κ2) is 7.83. The molecule has 4 N–H and O–H groups in total. The van der Waals surface area contributed by atoms with Crippen molar-refractivity contribution in [1.29, 1.82) is 0 Å². The van der Waals surface area contributed by atoms with Gasteiger partial charge in [-0.3, -0.25) is 9.89 Å². The average molecular weight is 373 g/mol. The normalized spacial score (nSPS) is 12.0. The fourth-order valence-corrected chi connectivity index (χ4v) is 3.29. The van der Waals surface area contributed by atoms with Crippen molar-refractivity contribution in [2.75, 3.05) is 0 Å². The van der Waals surface area contributed by atoms with Crippen LogP contribution in [0, 0.1) is 0 Å². The minimum Gasteiger partial charge on any atom is -0.370 e. The molecule has 0 bridgehead atoms. The van der Waals surface area contributed by atoms with Crippen LogP contribution >= 0.6 is 0 Å². The largest absolute Gasteiger partial charge is 0.370 e. The van der Waals surface area contributed by atoms with Gasteiger partial charge in [0.05, 0.1) is 6.20 Å². The molecule has 0 aliphatic carbocycles. The smallest absolute Gasteiger partial charge is 0.218 e. The van der Waals surface area contributed by atoms with E-state index in [2.05, 4.69) is 55.1 Å². The number of hydrogen-bond donors (Lipinski definition) is 3. The molecule has 0 fully saturated rings. The third kappa shape index (κ3) is 3.96. The summed E-state index contributed by atoms with van der Waals surface area (Å²) in [6.07, 6.45) is 4.60. The quantitative estimate of drug-likeness (QED) is 0.459. The lowest BCUT2D eigenvalue weighted by molar-refractivity contribution is -0.118. The van der Waals surface area contributed by atoms with Gasteiger partial charge in [-0.15, -0.1) is 10.2 Å². The second-order valence-electron chi connectivity index (χ2n) is 6.62. The lowest BCUT2D eigenvalue weighted by atomic mass is 9.88. The molecule has 4 aromatic rings. The fraction of sp³-hybridized carbons (Fsp3) is 0.150. The summed E-state index contributed by atoms with van der Waals surface area (Å²) in [7, 11) is 0. The number of carbonyl (C=O) groups is 1. The van der Waals surface area contributed by atoms with Gasteiger partial charge in [0.15, 0.2) is 0 Å². The summed E-state index contributed by atoms with van der Waals surface area (Å²) >= 11 is 0. The lowest BCUT2D eigenvalue weighted by Gasteiger charge is -2.17. The van der Waals surface area contributed by atoms with Crippen LogP contribution in [0.25, 0.3) is 22.5 Å². The number of carbonyl (C=O) groups excluding carboxylic acids is 1. The summed E-state index contributed by atoms with van der Waals surface area (Å²) in [5, 5.41) is 20.9.